The monoisotopic (exact) mass is 422 g/mol. The maximum atomic E-state index is 12.8. The van der Waals surface area contributed by atoms with E-state index >= 15 is 0 Å². The van der Waals surface area contributed by atoms with Gasteiger partial charge in [-0.1, -0.05) is 36.4 Å². The molecule has 0 aromatic heterocycles. The van der Waals surface area contributed by atoms with Crippen LogP contribution in [0.5, 0.6) is 5.75 Å². The summed E-state index contributed by atoms with van der Waals surface area (Å²) in [5, 5.41) is 9.46. The second-order valence-electron chi connectivity index (χ2n) is 8.58. The second kappa shape index (κ2) is 10.5. The van der Waals surface area contributed by atoms with E-state index in [4.69, 9.17) is 0 Å². The summed E-state index contributed by atoms with van der Waals surface area (Å²) in [6.45, 7) is 9.22. The van der Waals surface area contributed by atoms with Gasteiger partial charge in [0.15, 0.2) is 6.54 Å². The Morgan fingerprint density at radius 3 is 2.19 bits per heavy atom. The summed E-state index contributed by atoms with van der Waals surface area (Å²) in [5.41, 5.74) is 2.38. The molecule has 2 heterocycles. The largest absolute Gasteiger partial charge is 0.508 e. The van der Waals surface area contributed by atoms with Crippen molar-refractivity contribution in [3.05, 3.63) is 66.2 Å². The smallest absolute Gasteiger partial charge is 0.278 e. The van der Waals surface area contributed by atoms with Crippen LogP contribution >= 0.6 is 0 Å². The van der Waals surface area contributed by atoms with Gasteiger partial charge in [-0.3, -0.25) is 4.79 Å². The Bertz CT molecular complexity index is 853. The van der Waals surface area contributed by atoms with Crippen LogP contribution in [0.2, 0.25) is 0 Å². The molecule has 164 valence electrons. The van der Waals surface area contributed by atoms with E-state index in [1.54, 1.807) is 17.0 Å². The number of phenols is 1. The van der Waals surface area contributed by atoms with Crippen LogP contribution in [-0.2, 0) is 4.79 Å². The van der Waals surface area contributed by atoms with Gasteiger partial charge in [0.05, 0.1) is 58.9 Å². The fourth-order valence-corrected chi connectivity index (χ4v) is 4.45. The van der Waals surface area contributed by atoms with Gasteiger partial charge in [0.25, 0.3) is 5.91 Å². The van der Waals surface area contributed by atoms with Gasteiger partial charge in [0, 0.05) is 5.69 Å². The molecule has 0 spiro atoms. The molecule has 0 unspecified atom stereocenters. The first-order valence-electron chi connectivity index (χ1n) is 11.4. The van der Waals surface area contributed by atoms with Gasteiger partial charge < -0.3 is 24.7 Å². The lowest BCUT2D eigenvalue weighted by Crippen LogP contribution is -3.16. The zero-order valence-electron chi connectivity index (χ0n) is 18.2. The Kier molecular flexibility index (Phi) is 7.22. The van der Waals surface area contributed by atoms with E-state index in [9.17, 15) is 9.90 Å². The summed E-state index contributed by atoms with van der Waals surface area (Å²) < 4.78 is 0. The average molecular weight is 423 g/mol. The molecule has 2 aromatic carbocycles. The predicted molar refractivity (Wildman–Crippen MR) is 124 cm³/mol. The molecule has 31 heavy (non-hydrogen) atoms. The van der Waals surface area contributed by atoms with Crippen molar-refractivity contribution in [2.24, 2.45) is 0 Å². The zero-order valence-corrected chi connectivity index (χ0v) is 18.2. The van der Waals surface area contributed by atoms with E-state index in [0.717, 1.165) is 64.6 Å². The Labute approximate surface area is 185 Å². The van der Waals surface area contributed by atoms with Gasteiger partial charge in [-0.25, -0.2) is 0 Å². The predicted octanol–water partition coefficient (Wildman–Crippen LogP) is -0.462. The summed E-state index contributed by atoms with van der Waals surface area (Å²) >= 11 is 0. The SMILES string of the molecule is O=C(C[NH+]1CCN(c2ccc(O)cc2)CC1)N1CC[NH+](C/C=C/c2ccccc2)CC1. The molecule has 2 fully saturated rings. The van der Waals surface area contributed by atoms with Crippen molar-refractivity contribution in [1.82, 2.24) is 4.90 Å². The third-order valence-corrected chi connectivity index (χ3v) is 6.43. The topological polar surface area (TPSA) is 52.7 Å². The van der Waals surface area contributed by atoms with Gasteiger partial charge in [0.1, 0.15) is 5.75 Å². The van der Waals surface area contributed by atoms with Crippen molar-refractivity contribution in [3.8, 4) is 5.75 Å². The lowest BCUT2D eigenvalue weighted by molar-refractivity contribution is -0.899. The number of anilines is 1. The number of quaternary nitrogens is 2. The Balaban J connectivity index is 1.16. The van der Waals surface area contributed by atoms with Crippen molar-refractivity contribution in [2.75, 3.05) is 70.3 Å². The number of hydrogen-bond acceptors (Lipinski definition) is 3. The minimum absolute atomic E-state index is 0.298. The summed E-state index contributed by atoms with van der Waals surface area (Å²) in [6, 6.07) is 17.8. The van der Waals surface area contributed by atoms with Crippen molar-refractivity contribution >= 4 is 17.7 Å². The molecule has 2 aliphatic rings. The molecule has 1 amide bonds. The van der Waals surface area contributed by atoms with E-state index in [0.29, 0.717) is 18.2 Å². The molecule has 0 saturated carbocycles. The normalized spacial score (nSPS) is 18.6. The molecular formula is C25H34N4O2+2. The highest BCUT2D eigenvalue weighted by molar-refractivity contribution is 5.77. The Morgan fingerprint density at radius 2 is 1.52 bits per heavy atom. The van der Waals surface area contributed by atoms with Gasteiger partial charge in [0.2, 0.25) is 0 Å². The molecular weight excluding hydrogens is 388 g/mol. The Morgan fingerprint density at radius 1 is 0.871 bits per heavy atom. The number of carbonyl (C=O) groups excluding carboxylic acids is 1. The minimum atomic E-state index is 0.298. The number of aromatic hydroxyl groups is 1. The first-order valence-corrected chi connectivity index (χ1v) is 11.4. The van der Waals surface area contributed by atoms with Gasteiger partial charge in [-0.05, 0) is 35.9 Å². The van der Waals surface area contributed by atoms with Crippen molar-refractivity contribution < 1.29 is 19.7 Å². The molecule has 3 N–H and O–H groups in total. The van der Waals surface area contributed by atoms with Crippen LogP contribution in [0.3, 0.4) is 0 Å². The number of nitrogens with one attached hydrogen (secondary N) is 2. The number of phenolic OH excluding ortho intramolecular Hbond substituents is 1. The van der Waals surface area contributed by atoms with E-state index in [1.165, 1.54) is 10.5 Å². The van der Waals surface area contributed by atoms with Crippen LogP contribution in [0.15, 0.2) is 60.7 Å². The second-order valence-corrected chi connectivity index (χ2v) is 8.58. The molecule has 4 rings (SSSR count). The summed E-state index contributed by atoms with van der Waals surface area (Å²) in [7, 11) is 0. The van der Waals surface area contributed by atoms with Crippen LogP contribution < -0.4 is 14.7 Å². The fourth-order valence-electron chi connectivity index (χ4n) is 4.45. The van der Waals surface area contributed by atoms with Crippen LogP contribution in [0.1, 0.15) is 5.56 Å². The first kappa shape index (κ1) is 21.4. The van der Waals surface area contributed by atoms with Crippen LogP contribution in [-0.4, -0.2) is 81.4 Å². The maximum absolute atomic E-state index is 12.8. The summed E-state index contributed by atoms with van der Waals surface area (Å²) in [6.07, 6.45) is 4.44. The maximum Gasteiger partial charge on any atom is 0.278 e. The summed E-state index contributed by atoms with van der Waals surface area (Å²) in [4.78, 5) is 20.1. The number of carbonyl (C=O) groups is 1. The van der Waals surface area contributed by atoms with E-state index in [1.807, 2.05) is 18.2 Å². The van der Waals surface area contributed by atoms with E-state index in [-0.39, 0.29) is 0 Å². The van der Waals surface area contributed by atoms with Crippen molar-refractivity contribution in [2.45, 2.75) is 0 Å². The third kappa shape index (κ3) is 6.09. The Hall–Kier alpha value is -2.83. The minimum Gasteiger partial charge on any atom is -0.508 e. The highest BCUT2D eigenvalue weighted by Gasteiger charge is 2.28. The number of piperazine rings is 2. The van der Waals surface area contributed by atoms with Gasteiger partial charge >= 0.3 is 0 Å². The van der Waals surface area contributed by atoms with Gasteiger partial charge in [-0.2, -0.15) is 0 Å². The standard InChI is InChI=1S/C25H32N4O2/c30-24-10-8-23(9-11-24)28-17-15-27(16-18-28)21-25(31)29-19-13-26(14-20-29)12-4-7-22-5-2-1-3-6-22/h1-11,30H,12-21H2/p+2/b7-4+. The molecule has 6 heteroatoms. The lowest BCUT2D eigenvalue weighted by atomic mass is 10.2. The lowest BCUT2D eigenvalue weighted by Gasteiger charge is -2.35. The number of benzene rings is 2. The number of hydrogen-bond donors (Lipinski definition) is 3. The van der Waals surface area contributed by atoms with Crippen LogP contribution in [0.4, 0.5) is 5.69 Å². The number of nitrogens with zero attached hydrogens (tertiary/aromatic N) is 2. The highest BCUT2D eigenvalue weighted by atomic mass is 16.3. The van der Waals surface area contributed by atoms with E-state index < -0.39 is 0 Å². The first-order chi connectivity index (χ1) is 15.2. The molecule has 0 aliphatic carbocycles. The molecule has 0 radical (unpaired) electrons. The fraction of sp³-hybridized carbons (Fsp3) is 0.400. The molecule has 2 saturated heterocycles. The average Bonchev–Trinajstić information content (AvgIpc) is 2.81. The molecule has 2 aliphatic heterocycles. The van der Waals surface area contributed by atoms with Crippen molar-refractivity contribution in [1.29, 1.82) is 0 Å². The summed E-state index contributed by atoms with van der Waals surface area (Å²) in [5.74, 6) is 0.597. The molecule has 2 aromatic rings. The molecule has 6 nitrogen and oxygen atoms in total. The molecule has 0 atom stereocenters. The number of amides is 1. The highest BCUT2D eigenvalue weighted by Crippen LogP contribution is 2.18. The molecule has 0 bridgehead atoms. The van der Waals surface area contributed by atoms with E-state index in [2.05, 4.69) is 46.2 Å². The van der Waals surface area contributed by atoms with Gasteiger partial charge in [-0.15, -0.1) is 0 Å². The van der Waals surface area contributed by atoms with Crippen LogP contribution in [0, 0.1) is 0 Å². The number of rotatable bonds is 6. The third-order valence-electron chi connectivity index (χ3n) is 6.43. The quantitative estimate of drug-likeness (QED) is 0.591. The zero-order chi connectivity index (χ0) is 21.5. The van der Waals surface area contributed by atoms with Crippen LogP contribution in [0.25, 0.3) is 6.08 Å². The van der Waals surface area contributed by atoms with Crippen molar-refractivity contribution in [3.63, 3.8) is 0 Å².